The van der Waals surface area contributed by atoms with Crippen LogP contribution < -0.4 is 0 Å². The van der Waals surface area contributed by atoms with Gasteiger partial charge in [-0.1, -0.05) is 38.4 Å². The number of hydrogen-bond donors (Lipinski definition) is 1. The summed E-state index contributed by atoms with van der Waals surface area (Å²) in [6.07, 6.45) is 0. The van der Waals surface area contributed by atoms with E-state index < -0.39 is 0 Å². The zero-order valence-electron chi connectivity index (χ0n) is 8.48. The summed E-state index contributed by atoms with van der Waals surface area (Å²) in [6.45, 7) is 8.13. The number of halogens is 1. The van der Waals surface area contributed by atoms with E-state index in [0.717, 1.165) is 11.1 Å². The normalized spacial score (nSPS) is 11.8. The summed E-state index contributed by atoms with van der Waals surface area (Å²) in [5.41, 5.74) is 1.91. The molecule has 0 saturated carbocycles. The first-order chi connectivity index (χ1) is 5.82. The van der Waals surface area contributed by atoms with E-state index in [4.69, 9.17) is 11.6 Å². The van der Waals surface area contributed by atoms with E-state index in [2.05, 4.69) is 20.8 Å². The molecule has 0 unspecified atom stereocenters. The fraction of sp³-hybridized carbons (Fsp3) is 0.455. The van der Waals surface area contributed by atoms with Crippen molar-refractivity contribution in [2.24, 2.45) is 0 Å². The largest absolute Gasteiger partial charge is 0.506 e. The van der Waals surface area contributed by atoms with Gasteiger partial charge in [-0.2, -0.15) is 0 Å². The minimum Gasteiger partial charge on any atom is -0.506 e. The third-order valence-electron chi connectivity index (χ3n) is 2.02. The highest BCUT2D eigenvalue weighted by atomic mass is 35.5. The van der Waals surface area contributed by atoms with Gasteiger partial charge in [-0.15, -0.1) is 0 Å². The van der Waals surface area contributed by atoms with E-state index in [1.165, 1.54) is 0 Å². The van der Waals surface area contributed by atoms with E-state index >= 15 is 0 Å². The molecule has 0 radical (unpaired) electrons. The fourth-order valence-electron chi connectivity index (χ4n) is 1.31. The summed E-state index contributed by atoms with van der Waals surface area (Å²) in [7, 11) is 0. The lowest BCUT2D eigenvalue weighted by Crippen LogP contribution is -2.11. The molecule has 1 N–H and O–H groups in total. The van der Waals surface area contributed by atoms with Crippen molar-refractivity contribution in [1.82, 2.24) is 0 Å². The van der Waals surface area contributed by atoms with Gasteiger partial charge in [0.2, 0.25) is 0 Å². The van der Waals surface area contributed by atoms with Gasteiger partial charge in [0.25, 0.3) is 0 Å². The van der Waals surface area contributed by atoms with Gasteiger partial charge in [0.1, 0.15) is 5.75 Å². The van der Waals surface area contributed by atoms with Gasteiger partial charge >= 0.3 is 0 Å². The van der Waals surface area contributed by atoms with Crippen molar-refractivity contribution in [3.05, 3.63) is 28.3 Å². The van der Waals surface area contributed by atoms with E-state index in [9.17, 15) is 5.11 Å². The molecule has 0 aliphatic carbocycles. The molecule has 0 aliphatic rings. The molecule has 2 heteroatoms. The highest BCUT2D eigenvalue weighted by Crippen LogP contribution is 2.36. The summed E-state index contributed by atoms with van der Waals surface area (Å²) < 4.78 is 0. The molecule has 1 rings (SSSR count). The van der Waals surface area contributed by atoms with Crippen LogP contribution in [0.25, 0.3) is 0 Å². The van der Waals surface area contributed by atoms with E-state index in [-0.39, 0.29) is 11.2 Å². The molecule has 0 bridgehead atoms. The van der Waals surface area contributed by atoms with Crippen molar-refractivity contribution < 1.29 is 5.11 Å². The molecule has 0 atom stereocenters. The lowest BCUT2D eigenvalue weighted by atomic mass is 9.85. The Balaban J connectivity index is 3.37. The topological polar surface area (TPSA) is 20.2 Å². The summed E-state index contributed by atoms with van der Waals surface area (Å²) in [4.78, 5) is 0. The second kappa shape index (κ2) is 3.22. The average Bonchev–Trinajstić information content (AvgIpc) is 1.94. The second-order valence-corrected chi connectivity index (χ2v) is 4.80. The first-order valence-electron chi connectivity index (χ1n) is 4.32. The molecular formula is C11H15ClO. The van der Waals surface area contributed by atoms with Crippen LogP contribution in [0.1, 0.15) is 31.9 Å². The molecule has 0 spiro atoms. The minimum absolute atomic E-state index is 0.0697. The van der Waals surface area contributed by atoms with Crippen molar-refractivity contribution in [2.75, 3.05) is 0 Å². The fourth-order valence-corrected chi connectivity index (χ4v) is 1.58. The summed E-state index contributed by atoms with van der Waals surface area (Å²) in [5, 5.41) is 10.2. The Labute approximate surface area is 84.4 Å². The Hall–Kier alpha value is -0.690. The summed E-state index contributed by atoms with van der Waals surface area (Å²) in [6, 6.07) is 3.74. The van der Waals surface area contributed by atoms with Gasteiger partial charge in [0.05, 0.1) is 5.02 Å². The van der Waals surface area contributed by atoms with Crippen molar-refractivity contribution >= 4 is 11.6 Å². The number of aryl methyl sites for hydroxylation is 1. The predicted octanol–water partition coefficient (Wildman–Crippen LogP) is 3.65. The van der Waals surface area contributed by atoms with Gasteiger partial charge < -0.3 is 5.11 Å². The SMILES string of the molecule is Cc1cc(Cl)c(O)c(C(C)(C)C)c1. The molecule has 1 aromatic rings. The minimum atomic E-state index is -0.0697. The molecule has 0 aromatic heterocycles. The Morgan fingerprint density at radius 3 is 2.23 bits per heavy atom. The van der Waals surface area contributed by atoms with E-state index in [1.807, 2.05) is 13.0 Å². The van der Waals surface area contributed by atoms with Crippen molar-refractivity contribution in [1.29, 1.82) is 0 Å². The number of rotatable bonds is 0. The van der Waals surface area contributed by atoms with Crippen molar-refractivity contribution in [3.8, 4) is 5.75 Å². The maximum atomic E-state index is 9.73. The molecule has 0 heterocycles. The van der Waals surface area contributed by atoms with Crippen molar-refractivity contribution in [2.45, 2.75) is 33.1 Å². The van der Waals surface area contributed by atoms with Crippen molar-refractivity contribution in [3.63, 3.8) is 0 Å². The zero-order valence-corrected chi connectivity index (χ0v) is 9.24. The Morgan fingerprint density at radius 1 is 1.23 bits per heavy atom. The third kappa shape index (κ3) is 2.16. The zero-order chi connectivity index (χ0) is 10.2. The smallest absolute Gasteiger partial charge is 0.137 e. The first-order valence-corrected chi connectivity index (χ1v) is 4.70. The van der Waals surface area contributed by atoms with Crippen LogP contribution in [0.5, 0.6) is 5.75 Å². The number of phenolic OH excluding ortho intramolecular Hbond substituents is 1. The molecular weight excluding hydrogens is 184 g/mol. The van der Waals surface area contributed by atoms with Crippen LogP contribution in [0.3, 0.4) is 0 Å². The van der Waals surface area contributed by atoms with Crippen LogP contribution in [-0.2, 0) is 5.41 Å². The quantitative estimate of drug-likeness (QED) is 0.675. The van der Waals surface area contributed by atoms with Gasteiger partial charge in [0, 0.05) is 5.56 Å². The van der Waals surface area contributed by atoms with Crippen LogP contribution in [0.2, 0.25) is 5.02 Å². The Morgan fingerprint density at radius 2 is 1.77 bits per heavy atom. The van der Waals surface area contributed by atoms with Crippen LogP contribution in [-0.4, -0.2) is 5.11 Å². The maximum absolute atomic E-state index is 9.73. The molecule has 72 valence electrons. The van der Waals surface area contributed by atoms with E-state index in [1.54, 1.807) is 6.07 Å². The lowest BCUT2D eigenvalue weighted by Gasteiger charge is -2.21. The van der Waals surface area contributed by atoms with Gasteiger partial charge in [-0.3, -0.25) is 0 Å². The van der Waals surface area contributed by atoms with Crippen LogP contribution >= 0.6 is 11.6 Å². The number of phenols is 1. The van der Waals surface area contributed by atoms with E-state index in [0.29, 0.717) is 5.02 Å². The first kappa shape index (κ1) is 10.4. The summed E-state index contributed by atoms with van der Waals surface area (Å²) >= 11 is 5.88. The standard InChI is InChI=1S/C11H15ClO/c1-7-5-8(11(2,3)4)10(13)9(12)6-7/h5-6,13H,1-4H3. The third-order valence-corrected chi connectivity index (χ3v) is 2.30. The molecule has 1 aromatic carbocycles. The molecule has 0 aliphatic heterocycles. The van der Waals surface area contributed by atoms with Crippen LogP contribution in [0, 0.1) is 6.92 Å². The van der Waals surface area contributed by atoms with Crippen LogP contribution in [0.4, 0.5) is 0 Å². The van der Waals surface area contributed by atoms with Gasteiger partial charge in [-0.25, -0.2) is 0 Å². The van der Waals surface area contributed by atoms with Gasteiger partial charge in [-0.05, 0) is 24.0 Å². The number of aromatic hydroxyl groups is 1. The molecule has 1 nitrogen and oxygen atoms in total. The maximum Gasteiger partial charge on any atom is 0.137 e. The molecule has 13 heavy (non-hydrogen) atoms. The Bertz CT molecular complexity index is 324. The van der Waals surface area contributed by atoms with Crippen LogP contribution in [0.15, 0.2) is 12.1 Å². The number of hydrogen-bond acceptors (Lipinski definition) is 1. The Kier molecular flexibility index (Phi) is 2.58. The average molecular weight is 199 g/mol. The highest BCUT2D eigenvalue weighted by Gasteiger charge is 2.19. The number of benzene rings is 1. The monoisotopic (exact) mass is 198 g/mol. The van der Waals surface area contributed by atoms with Gasteiger partial charge in [0.15, 0.2) is 0 Å². The second-order valence-electron chi connectivity index (χ2n) is 4.39. The molecule has 0 saturated heterocycles. The summed E-state index contributed by atoms with van der Waals surface area (Å²) in [5.74, 6) is 0.208. The molecule has 0 fully saturated rings. The lowest BCUT2D eigenvalue weighted by molar-refractivity contribution is 0.446. The highest BCUT2D eigenvalue weighted by molar-refractivity contribution is 6.32. The predicted molar refractivity (Wildman–Crippen MR) is 56.6 cm³/mol. The molecule has 0 amide bonds.